The van der Waals surface area contributed by atoms with Crippen LogP contribution < -0.4 is 5.32 Å². The zero-order valence-electron chi connectivity index (χ0n) is 11.1. The zero-order chi connectivity index (χ0) is 12.1. The number of carbonyl (C=O) groups is 1. The van der Waals surface area contributed by atoms with Crippen LogP contribution in [0.15, 0.2) is 0 Å². The second kappa shape index (κ2) is 6.39. The standard InChI is InChI=1S/C14H26N2O/c1-16(11-13-3-2-4-13)14(17)6-5-12-7-9-15-10-8-12/h12-13,15H,2-11H2,1H3. The van der Waals surface area contributed by atoms with Crippen molar-refractivity contribution < 1.29 is 4.79 Å². The van der Waals surface area contributed by atoms with E-state index in [0.717, 1.165) is 44.3 Å². The van der Waals surface area contributed by atoms with Crippen LogP contribution in [-0.2, 0) is 4.79 Å². The van der Waals surface area contributed by atoms with Crippen LogP contribution in [-0.4, -0.2) is 37.5 Å². The molecule has 1 aliphatic heterocycles. The number of hydrogen-bond donors (Lipinski definition) is 1. The minimum Gasteiger partial charge on any atom is -0.345 e. The molecule has 2 fully saturated rings. The molecular weight excluding hydrogens is 212 g/mol. The van der Waals surface area contributed by atoms with Gasteiger partial charge in [0.25, 0.3) is 0 Å². The van der Waals surface area contributed by atoms with Crippen molar-refractivity contribution in [2.75, 3.05) is 26.7 Å². The number of carbonyl (C=O) groups excluding carboxylic acids is 1. The Bertz CT molecular complexity index is 245. The lowest BCUT2D eigenvalue weighted by molar-refractivity contribution is -0.131. The Labute approximate surface area is 105 Å². The van der Waals surface area contributed by atoms with Crippen LogP contribution in [0.1, 0.15) is 44.9 Å². The van der Waals surface area contributed by atoms with E-state index in [1.54, 1.807) is 0 Å². The fourth-order valence-electron chi connectivity index (χ4n) is 2.85. The monoisotopic (exact) mass is 238 g/mol. The third kappa shape index (κ3) is 3.98. The summed E-state index contributed by atoms with van der Waals surface area (Å²) in [5.41, 5.74) is 0. The largest absolute Gasteiger partial charge is 0.345 e. The predicted octanol–water partition coefficient (Wildman–Crippen LogP) is 2.02. The Morgan fingerprint density at radius 3 is 2.47 bits per heavy atom. The van der Waals surface area contributed by atoms with Crippen molar-refractivity contribution in [3.05, 3.63) is 0 Å². The lowest BCUT2D eigenvalue weighted by Gasteiger charge is -2.30. The topological polar surface area (TPSA) is 32.3 Å². The van der Waals surface area contributed by atoms with E-state index in [0.29, 0.717) is 5.91 Å². The first-order chi connectivity index (χ1) is 8.25. The average Bonchev–Trinajstić information content (AvgIpc) is 2.32. The third-order valence-electron chi connectivity index (χ3n) is 4.41. The van der Waals surface area contributed by atoms with E-state index in [9.17, 15) is 4.79 Å². The molecule has 0 aromatic heterocycles. The van der Waals surface area contributed by atoms with Gasteiger partial charge < -0.3 is 10.2 Å². The third-order valence-corrected chi connectivity index (χ3v) is 4.41. The molecule has 1 heterocycles. The molecule has 98 valence electrons. The van der Waals surface area contributed by atoms with Gasteiger partial charge in [0.15, 0.2) is 0 Å². The van der Waals surface area contributed by atoms with Crippen LogP contribution in [0.2, 0.25) is 0 Å². The van der Waals surface area contributed by atoms with Gasteiger partial charge in [-0.3, -0.25) is 4.79 Å². The molecule has 0 radical (unpaired) electrons. The van der Waals surface area contributed by atoms with Gasteiger partial charge in [-0.2, -0.15) is 0 Å². The zero-order valence-corrected chi connectivity index (χ0v) is 11.1. The lowest BCUT2D eigenvalue weighted by Crippen LogP contribution is -2.35. The summed E-state index contributed by atoms with van der Waals surface area (Å²) < 4.78 is 0. The molecular formula is C14H26N2O. The van der Waals surface area contributed by atoms with Gasteiger partial charge in [0.1, 0.15) is 0 Å². The van der Waals surface area contributed by atoms with Crippen LogP contribution >= 0.6 is 0 Å². The summed E-state index contributed by atoms with van der Waals surface area (Å²) in [6, 6.07) is 0. The number of nitrogens with one attached hydrogen (secondary N) is 1. The fraction of sp³-hybridized carbons (Fsp3) is 0.929. The normalized spacial score (nSPS) is 22.2. The maximum Gasteiger partial charge on any atom is 0.222 e. The number of hydrogen-bond acceptors (Lipinski definition) is 2. The van der Waals surface area contributed by atoms with Gasteiger partial charge in [-0.1, -0.05) is 6.42 Å². The second-order valence-electron chi connectivity index (χ2n) is 5.80. The summed E-state index contributed by atoms with van der Waals surface area (Å²) in [6.45, 7) is 3.26. The van der Waals surface area contributed by atoms with Gasteiger partial charge in [-0.15, -0.1) is 0 Å². The van der Waals surface area contributed by atoms with Crippen molar-refractivity contribution in [2.45, 2.75) is 44.9 Å². The van der Waals surface area contributed by atoms with E-state index in [1.165, 1.54) is 32.1 Å². The van der Waals surface area contributed by atoms with Crippen molar-refractivity contribution in [3.8, 4) is 0 Å². The van der Waals surface area contributed by atoms with E-state index in [-0.39, 0.29) is 0 Å². The molecule has 1 saturated carbocycles. The van der Waals surface area contributed by atoms with Gasteiger partial charge in [0.2, 0.25) is 5.91 Å². The molecule has 0 aromatic carbocycles. The molecule has 2 aliphatic rings. The van der Waals surface area contributed by atoms with Crippen LogP contribution in [0.4, 0.5) is 0 Å². The number of piperidine rings is 1. The number of amides is 1. The van der Waals surface area contributed by atoms with E-state index in [2.05, 4.69) is 5.32 Å². The summed E-state index contributed by atoms with van der Waals surface area (Å²) in [4.78, 5) is 13.9. The van der Waals surface area contributed by atoms with Crippen LogP contribution in [0, 0.1) is 11.8 Å². The molecule has 0 bridgehead atoms. The highest BCUT2D eigenvalue weighted by atomic mass is 16.2. The summed E-state index contributed by atoms with van der Waals surface area (Å²) in [7, 11) is 1.98. The van der Waals surface area contributed by atoms with E-state index in [4.69, 9.17) is 0 Å². The molecule has 3 heteroatoms. The van der Waals surface area contributed by atoms with Crippen molar-refractivity contribution in [1.82, 2.24) is 10.2 Å². The van der Waals surface area contributed by atoms with E-state index < -0.39 is 0 Å². The fourth-order valence-corrected chi connectivity index (χ4v) is 2.85. The van der Waals surface area contributed by atoms with Crippen molar-refractivity contribution in [3.63, 3.8) is 0 Å². The van der Waals surface area contributed by atoms with Gasteiger partial charge in [0, 0.05) is 20.0 Å². The Morgan fingerprint density at radius 1 is 1.18 bits per heavy atom. The van der Waals surface area contributed by atoms with Crippen molar-refractivity contribution in [2.24, 2.45) is 11.8 Å². The average molecular weight is 238 g/mol. The van der Waals surface area contributed by atoms with Crippen LogP contribution in [0.3, 0.4) is 0 Å². The smallest absolute Gasteiger partial charge is 0.222 e. The molecule has 3 nitrogen and oxygen atoms in total. The molecule has 0 spiro atoms. The second-order valence-corrected chi connectivity index (χ2v) is 5.80. The van der Waals surface area contributed by atoms with Crippen LogP contribution in [0.5, 0.6) is 0 Å². The Kier molecular flexibility index (Phi) is 4.84. The number of nitrogens with zero attached hydrogens (tertiary/aromatic N) is 1. The number of rotatable bonds is 5. The highest BCUT2D eigenvalue weighted by Gasteiger charge is 2.22. The molecule has 0 aromatic rings. The Morgan fingerprint density at radius 2 is 1.88 bits per heavy atom. The lowest BCUT2D eigenvalue weighted by atomic mass is 9.85. The highest BCUT2D eigenvalue weighted by Crippen LogP contribution is 2.27. The predicted molar refractivity (Wildman–Crippen MR) is 69.8 cm³/mol. The van der Waals surface area contributed by atoms with Gasteiger partial charge in [-0.05, 0) is 57.0 Å². The van der Waals surface area contributed by atoms with Crippen molar-refractivity contribution >= 4 is 5.91 Å². The molecule has 1 saturated heterocycles. The summed E-state index contributed by atoms with van der Waals surface area (Å²) in [5.74, 6) is 1.93. The maximum atomic E-state index is 12.0. The molecule has 1 amide bonds. The first kappa shape index (κ1) is 12.9. The summed E-state index contributed by atoms with van der Waals surface area (Å²) in [6.07, 6.45) is 8.36. The molecule has 17 heavy (non-hydrogen) atoms. The van der Waals surface area contributed by atoms with Gasteiger partial charge in [-0.25, -0.2) is 0 Å². The molecule has 0 atom stereocenters. The molecule has 1 N–H and O–H groups in total. The summed E-state index contributed by atoms with van der Waals surface area (Å²) >= 11 is 0. The molecule has 0 unspecified atom stereocenters. The highest BCUT2D eigenvalue weighted by molar-refractivity contribution is 5.75. The van der Waals surface area contributed by atoms with E-state index in [1.807, 2.05) is 11.9 Å². The summed E-state index contributed by atoms with van der Waals surface area (Å²) in [5, 5.41) is 3.37. The van der Waals surface area contributed by atoms with E-state index >= 15 is 0 Å². The maximum absolute atomic E-state index is 12.0. The van der Waals surface area contributed by atoms with Crippen molar-refractivity contribution in [1.29, 1.82) is 0 Å². The minimum atomic E-state index is 0.357. The Hall–Kier alpha value is -0.570. The SMILES string of the molecule is CN(CC1CCC1)C(=O)CCC1CCNCC1. The first-order valence-corrected chi connectivity index (χ1v) is 7.20. The van der Waals surface area contributed by atoms with Crippen LogP contribution in [0.25, 0.3) is 0 Å². The Balaban J connectivity index is 1.61. The quantitative estimate of drug-likeness (QED) is 0.795. The van der Waals surface area contributed by atoms with Gasteiger partial charge >= 0.3 is 0 Å². The minimum absolute atomic E-state index is 0.357. The first-order valence-electron chi connectivity index (χ1n) is 7.20. The molecule has 2 rings (SSSR count). The molecule has 1 aliphatic carbocycles. The van der Waals surface area contributed by atoms with Gasteiger partial charge in [0.05, 0.1) is 0 Å².